The topological polar surface area (TPSA) is 79.5 Å². The van der Waals surface area contributed by atoms with Crippen molar-refractivity contribution in [1.29, 1.82) is 0 Å². The fraction of sp³-hybridized carbons (Fsp3) is 0.222. The van der Waals surface area contributed by atoms with E-state index in [1.54, 1.807) is 31.4 Å². The minimum atomic E-state index is -0.328. The molecule has 0 aromatic heterocycles. The zero-order chi connectivity index (χ0) is 19.8. The van der Waals surface area contributed by atoms with Crippen LogP contribution in [0, 0.1) is 0 Å². The van der Waals surface area contributed by atoms with Crippen molar-refractivity contribution in [3.8, 4) is 0 Å². The second-order valence-electron chi connectivity index (χ2n) is 5.48. The molecule has 27 heavy (non-hydrogen) atoms. The number of halogens is 3. The summed E-state index contributed by atoms with van der Waals surface area (Å²) >= 11 is 17.8. The molecule has 0 aliphatic heterocycles. The molecule has 9 heteroatoms. The molecule has 0 radical (unpaired) electrons. The molecule has 0 unspecified atom stereocenters. The molecule has 0 saturated carbocycles. The summed E-state index contributed by atoms with van der Waals surface area (Å²) in [5, 5.41) is 9.21. The summed E-state index contributed by atoms with van der Waals surface area (Å²) < 4.78 is 4.89. The second kappa shape index (κ2) is 10.4. The number of carbonyl (C=O) groups is 2. The molecule has 6 nitrogen and oxygen atoms in total. The number of rotatable bonds is 8. The predicted molar refractivity (Wildman–Crippen MR) is 109 cm³/mol. The highest BCUT2D eigenvalue weighted by molar-refractivity contribution is 6.44. The van der Waals surface area contributed by atoms with Crippen LogP contribution in [0.25, 0.3) is 0 Å². The van der Waals surface area contributed by atoms with E-state index >= 15 is 0 Å². The van der Waals surface area contributed by atoms with Gasteiger partial charge in [-0.3, -0.25) is 9.59 Å². The molecule has 0 atom stereocenters. The number of carbonyl (C=O) groups excluding carboxylic acids is 2. The molecular formula is C18H18Cl3N3O3. The molecule has 2 rings (SSSR count). The third-order valence-electron chi connectivity index (χ3n) is 3.45. The van der Waals surface area contributed by atoms with Crippen LogP contribution in [0.1, 0.15) is 10.4 Å². The van der Waals surface area contributed by atoms with E-state index in [4.69, 9.17) is 39.5 Å². The molecule has 144 valence electrons. The highest BCUT2D eigenvalue weighted by atomic mass is 35.5. The Morgan fingerprint density at radius 1 is 1.04 bits per heavy atom. The number of anilines is 2. The van der Waals surface area contributed by atoms with Gasteiger partial charge in [-0.2, -0.15) is 0 Å². The van der Waals surface area contributed by atoms with Crippen LogP contribution in [0.2, 0.25) is 15.1 Å². The number of amides is 2. The Balaban J connectivity index is 1.92. The second-order valence-corrected chi connectivity index (χ2v) is 6.70. The highest BCUT2D eigenvalue weighted by Gasteiger charge is 2.10. The molecular weight excluding hydrogens is 413 g/mol. The molecule has 0 aliphatic carbocycles. The quantitative estimate of drug-likeness (QED) is 0.436. The van der Waals surface area contributed by atoms with Crippen molar-refractivity contribution in [1.82, 2.24) is 5.32 Å². The Morgan fingerprint density at radius 2 is 1.78 bits per heavy atom. The van der Waals surface area contributed by atoms with Gasteiger partial charge in [-0.1, -0.05) is 40.9 Å². The fourth-order valence-electron chi connectivity index (χ4n) is 2.13. The number of hydrogen-bond donors (Lipinski definition) is 3. The number of methoxy groups -OCH3 is 1. The van der Waals surface area contributed by atoms with Crippen molar-refractivity contribution < 1.29 is 14.3 Å². The third-order valence-corrected chi connectivity index (χ3v) is 4.49. The van der Waals surface area contributed by atoms with Gasteiger partial charge in [-0.15, -0.1) is 0 Å². The third kappa shape index (κ3) is 6.59. The van der Waals surface area contributed by atoms with Gasteiger partial charge in [0.2, 0.25) is 5.91 Å². The van der Waals surface area contributed by atoms with Gasteiger partial charge in [0.25, 0.3) is 5.91 Å². The van der Waals surface area contributed by atoms with Gasteiger partial charge < -0.3 is 20.7 Å². The van der Waals surface area contributed by atoms with Gasteiger partial charge in [0, 0.05) is 24.9 Å². The smallest absolute Gasteiger partial charge is 0.251 e. The van der Waals surface area contributed by atoms with Gasteiger partial charge in [-0.25, -0.2) is 0 Å². The largest absolute Gasteiger partial charge is 0.383 e. The zero-order valence-electron chi connectivity index (χ0n) is 14.4. The summed E-state index contributed by atoms with van der Waals surface area (Å²) in [4.78, 5) is 24.2. The summed E-state index contributed by atoms with van der Waals surface area (Å²) in [6.07, 6.45) is 0. The average molecular weight is 431 g/mol. The van der Waals surface area contributed by atoms with Crippen LogP contribution in [-0.4, -0.2) is 38.6 Å². The lowest BCUT2D eigenvalue weighted by Crippen LogP contribution is -2.27. The van der Waals surface area contributed by atoms with Crippen molar-refractivity contribution in [2.24, 2.45) is 0 Å². The van der Waals surface area contributed by atoms with E-state index in [0.717, 1.165) is 0 Å². The highest BCUT2D eigenvalue weighted by Crippen LogP contribution is 2.32. The zero-order valence-corrected chi connectivity index (χ0v) is 16.7. The standard InChI is InChI=1S/C18H18Cl3N3O3/c1-27-6-5-22-18(26)11-3-2-4-12(7-11)23-10-17(25)24-16-9-14(20)13(19)8-15(16)21/h2-4,7-9,23H,5-6,10H2,1H3,(H,22,26)(H,24,25). The molecule has 0 spiro atoms. The minimum Gasteiger partial charge on any atom is -0.383 e. The molecule has 3 N–H and O–H groups in total. The molecule has 0 saturated heterocycles. The SMILES string of the molecule is COCCNC(=O)c1cccc(NCC(=O)Nc2cc(Cl)c(Cl)cc2Cl)c1. The lowest BCUT2D eigenvalue weighted by Gasteiger charge is -2.11. The first-order valence-electron chi connectivity index (χ1n) is 7.96. The maximum Gasteiger partial charge on any atom is 0.251 e. The molecule has 0 heterocycles. The Hall–Kier alpha value is -1.99. The van der Waals surface area contributed by atoms with E-state index in [2.05, 4.69) is 16.0 Å². The number of ether oxygens (including phenoxy) is 1. The van der Waals surface area contributed by atoms with Crippen LogP contribution in [0.5, 0.6) is 0 Å². The van der Waals surface area contributed by atoms with Gasteiger partial charge in [0.15, 0.2) is 0 Å². The molecule has 2 aromatic carbocycles. The summed E-state index contributed by atoms with van der Waals surface area (Å²) in [5.41, 5.74) is 1.47. The van der Waals surface area contributed by atoms with E-state index in [1.807, 2.05) is 0 Å². The molecule has 0 aliphatic rings. The molecule has 2 amide bonds. The van der Waals surface area contributed by atoms with Crippen LogP contribution in [0.3, 0.4) is 0 Å². The van der Waals surface area contributed by atoms with E-state index in [1.165, 1.54) is 12.1 Å². The van der Waals surface area contributed by atoms with Crippen LogP contribution in [-0.2, 0) is 9.53 Å². The number of nitrogens with one attached hydrogen (secondary N) is 3. The summed E-state index contributed by atoms with van der Waals surface area (Å²) in [7, 11) is 1.56. The van der Waals surface area contributed by atoms with E-state index in [-0.39, 0.29) is 28.4 Å². The van der Waals surface area contributed by atoms with Crippen LogP contribution in [0.4, 0.5) is 11.4 Å². The normalized spacial score (nSPS) is 10.4. The maximum absolute atomic E-state index is 12.1. The Bertz CT molecular complexity index is 831. The Kier molecular flexibility index (Phi) is 8.19. The lowest BCUT2D eigenvalue weighted by atomic mass is 10.2. The monoisotopic (exact) mass is 429 g/mol. The van der Waals surface area contributed by atoms with E-state index < -0.39 is 0 Å². The van der Waals surface area contributed by atoms with Crippen molar-refractivity contribution in [3.63, 3.8) is 0 Å². The first kappa shape index (κ1) is 21.3. The first-order valence-corrected chi connectivity index (χ1v) is 9.09. The summed E-state index contributed by atoms with van der Waals surface area (Å²) in [5.74, 6) is -0.548. The number of hydrogen-bond acceptors (Lipinski definition) is 4. The van der Waals surface area contributed by atoms with Gasteiger partial charge in [-0.05, 0) is 30.3 Å². The van der Waals surface area contributed by atoms with Crippen molar-refractivity contribution in [3.05, 3.63) is 57.0 Å². The van der Waals surface area contributed by atoms with Crippen molar-refractivity contribution in [2.75, 3.05) is 37.4 Å². The summed E-state index contributed by atoms with van der Waals surface area (Å²) in [6, 6.07) is 9.76. The van der Waals surface area contributed by atoms with E-state index in [9.17, 15) is 9.59 Å². The molecule has 0 bridgehead atoms. The predicted octanol–water partition coefficient (Wildman–Crippen LogP) is 4.07. The fourth-order valence-corrected chi connectivity index (χ4v) is 2.73. The molecule has 2 aromatic rings. The van der Waals surface area contributed by atoms with Crippen molar-refractivity contribution >= 4 is 58.0 Å². The average Bonchev–Trinajstić information content (AvgIpc) is 2.65. The van der Waals surface area contributed by atoms with Crippen LogP contribution >= 0.6 is 34.8 Å². The maximum atomic E-state index is 12.1. The Morgan fingerprint density at radius 3 is 2.52 bits per heavy atom. The van der Waals surface area contributed by atoms with E-state index in [0.29, 0.717) is 35.1 Å². The van der Waals surface area contributed by atoms with Gasteiger partial charge in [0.1, 0.15) is 0 Å². The van der Waals surface area contributed by atoms with Gasteiger partial charge >= 0.3 is 0 Å². The lowest BCUT2D eigenvalue weighted by molar-refractivity contribution is -0.114. The minimum absolute atomic E-state index is 0.0225. The van der Waals surface area contributed by atoms with Gasteiger partial charge in [0.05, 0.1) is 33.9 Å². The summed E-state index contributed by atoms with van der Waals surface area (Å²) in [6.45, 7) is 0.826. The first-order chi connectivity index (χ1) is 12.9. The van der Waals surface area contributed by atoms with Crippen molar-refractivity contribution in [2.45, 2.75) is 0 Å². The molecule has 0 fully saturated rings. The number of benzene rings is 2. The van der Waals surface area contributed by atoms with Crippen LogP contribution in [0.15, 0.2) is 36.4 Å². The van der Waals surface area contributed by atoms with Crippen LogP contribution < -0.4 is 16.0 Å². The Labute approximate surface area is 172 Å².